The third-order valence-electron chi connectivity index (χ3n) is 3.00. The van der Waals surface area contributed by atoms with E-state index in [1.165, 1.54) is 6.07 Å². The molecule has 0 saturated carbocycles. The van der Waals surface area contributed by atoms with Gasteiger partial charge in [0.05, 0.1) is 10.5 Å². The number of hydrogen-bond acceptors (Lipinski definition) is 2. The first-order valence-corrected chi connectivity index (χ1v) is 6.36. The van der Waals surface area contributed by atoms with Crippen LogP contribution in [-0.4, -0.2) is 25.5 Å². The topological polar surface area (TPSA) is 32.3 Å². The summed E-state index contributed by atoms with van der Waals surface area (Å²) in [7, 11) is 1.78. The van der Waals surface area contributed by atoms with Gasteiger partial charge < -0.3 is 10.2 Å². The van der Waals surface area contributed by atoms with Gasteiger partial charge in [0.1, 0.15) is 5.82 Å². The van der Waals surface area contributed by atoms with E-state index in [9.17, 15) is 9.18 Å². The summed E-state index contributed by atoms with van der Waals surface area (Å²) in [5, 5.41) is 3.00. The van der Waals surface area contributed by atoms with Crippen LogP contribution in [0.5, 0.6) is 0 Å². The monoisotopic (exact) mass is 300 g/mol. The minimum absolute atomic E-state index is 0.0530. The van der Waals surface area contributed by atoms with Gasteiger partial charge in [0.2, 0.25) is 5.91 Å². The first kappa shape index (κ1) is 12.5. The average molecular weight is 301 g/mol. The second-order valence-corrected chi connectivity index (χ2v) is 4.93. The summed E-state index contributed by atoms with van der Waals surface area (Å²) in [4.78, 5) is 13.8. The van der Waals surface area contributed by atoms with Gasteiger partial charge in [-0.15, -0.1) is 0 Å². The van der Waals surface area contributed by atoms with Crippen molar-refractivity contribution in [1.29, 1.82) is 0 Å². The molecule has 0 aliphatic carbocycles. The van der Waals surface area contributed by atoms with E-state index in [-0.39, 0.29) is 17.8 Å². The van der Waals surface area contributed by atoms with Crippen molar-refractivity contribution in [3.05, 3.63) is 28.5 Å². The van der Waals surface area contributed by atoms with E-state index in [1.54, 1.807) is 24.1 Å². The molecule has 0 bridgehead atoms. The molecule has 0 radical (unpaired) electrons. The van der Waals surface area contributed by atoms with Crippen LogP contribution in [0, 0.1) is 5.82 Å². The molecule has 1 aromatic rings. The number of carbonyl (C=O) groups excluding carboxylic acids is 1. The molecule has 1 heterocycles. The van der Waals surface area contributed by atoms with Crippen LogP contribution in [0.15, 0.2) is 22.7 Å². The largest absolute Gasteiger partial charge is 0.311 e. The van der Waals surface area contributed by atoms with Crippen LogP contribution < -0.4 is 10.2 Å². The summed E-state index contributed by atoms with van der Waals surface area (Å²) < 4.78 is 13.5. The Morgan fingerprint density at radius 1 is 1.53 bits per heavy atom. The zero-order valence-electron chi connectivity index (χ0n) is 9.54. The Hall–Kier alpha value is -0.940. The van der Waals surface area contributed by atoms with Crippen LogP contribution in [-0.2, 0) is 4.79 Å². The number of halogens is 2. The van der Waals surface area contributed by atoms with Gasteiger partial charge in [-0.2, -0.15) is 0 Å². The van der Waals surface area contributed by atoms with E-state index in [0.29, 0.717) is 11.0 Å². The number of likely N-dealkylation sites (N-methyl/N-ethyl adjacent to an activating group) is 1. The van der Waals surface area contributed by atoms with Gasteiger partial charge in [-0.05, 0) is 54.0 Å². The second kappa shape index (κ2) is 5.14. The maximum Gasteiger partial charge on any atom is 0.244 e. The van der Waals surface area contributed by atoms with Crippen LogP contribution in [0.2, 0.25) is 0 Å². The van der Waals surface area contributed by atoms with Crippen LogP contribution in [0.3, 0.4) is 0 Å². The molecule has 0 spiro atoms. The fourth-order valence-corrected chi connectivity index (χ4v) is 2.42. The molecule has 3 nitrogen and oxygen atoms in total. The third-order valence-corrected chi connectivity index (χ3v) is 3.61. The van der Waals surface area contributed by atoms with Crippen molar-refractivity contribution in [2.24, 2.45) is 0 Å². The lowest BCUT2D eigenvalue weighted by Crippen LogP contribution is -2.49. The normalized spacial score (nSPS) is 20.8. The minimum Gasteiger partial charge on any atom is -0.311 e. The molecule has 1 unspecified atom stereocenters. The van der Waals surface area contributed by atoms with Gasteiger partial charge in [0.15, 0.2) is 0 Å². The van der Waals surface area contributed by atoms with Crippen LogP contribution in [0.4, 0.5) is 10.1 Å². The Balaban J connectivity index is 2.26. The lowest BCUT2D eigenvalue weighted by atomic mass is 10.0. The summed E-state index contributed by atoms with van der Waals surface area (Å²) >= 11 is 3.14. The summed E-state index contributed by atoms with van der Waals surface area (Å²) in [6.45, 7) is 0.690. The number of amides is 1. The average Bonchev–Trinajstić information content (AvgIpc) is 2.33. The number of nitrogens with zero attached hydrogens (tertiary/aromatic N) is 1. The smallest absolute Gasteiger partial charge is 0.244 e. The standard InChI is InChI=1S/C12H14BrFN2O/c1-15-11-3-2-6-16(12(11)17)8-4-5-10(14)9(13)7-8/h4-5,7,11,15H,2-3,6H2,1H3. The van der Waals surface area contributed by atoms with Crippen molar-refractivity contribution in [1.82, 2.24) is 5.32 Å². The maximum atomic E-state index is 13.1. The highest BCUT2D eigenvalue weighted by atomic mass is 79.9. The van der Waals surface area contributed by atoms with Gasteiger partial charge in [-0.1, -0.05) is 0 Å². The van der Waals surface area contributed by atoms with E-state index >= 15 is 0 Å². The lowest BCUT2D eigenvalue weighted by Gasteiger charge is -2.32. The fourth-order valence-electron chi connectivity index (χ4n) is 2.05. The van der Waals surface area contributed by atoms with Crippen molar-refractivity contribution < 1.29 is 9.18 Å². The molecule has 5 heteroatoms. The van der Waals surface area contributed by atoms with Gasteiger partial charge >= 0.3 is 0 Å². The Morgan fingerprint density at radius 2 is 2.29 bits per heavy atom. The van der Waals surface area contributed by atoms with Crippen molar-refractivity contribution in [3.63, 3.8) is 0 Å². The fraction of sp³-hybridized carbons (Fsp3) is 0.417. The van der Waals surface area contributed by atoms with Gasteiger partial charge in [-0.25, -0.2) is 4.39 Å². The molecule has 1 N–H and O–H groups in total. The molecule has 1 atom stereocenters. The van der Waals surface area contributed by atoms with Crippen molar-refractivity contribution in [3.8, 4) is 0 Å². The molecular weight excluding hydrogens is 287 g/mol. The highest BCUT2D eigenvalue weighted by Crippen LogP contribution is 2.26. The maximum absolute atomic E-state index is 13.1. The number of piperidine rings is 1. The number of nitrogens with one attached hydrogen (secondary N) is 1. The third kappa shape index (κ3) is 2.50. The van der Waals surface area contributed by atoms with E-state index in [0.717, 1.165) is 18.5 Å². The Morgan fingerprint density at radius 3 is 2.94 bits per heavy atom. The Labute approximate surface area is 108 Å². The highest BCUT2D eigenvalue weighted by Gasteiger charge is 2.28. The van der Waals surface area contributed by atoms with Gasteiger partial charge in [0.25, 0.3) is 0 Å². The Kier molecular flexibility index (Phi) is 3.79. The lowest BCUT2D eigenvalue weighted by molar-refractivity contribution is -0.121. The zero-order valence-corrected chi connectivity index (χ0v) is 11.1. The van der Waals surface area contributed by atoms with E-state index in [4.69, 9.17) is 0 Å². The van der Waals surface area contributed by atoms with Gasteiger partial charge in [-0.3, -0.25) is 4.79 Å². The molecule has 17 heavy (non-hydrogen) atoms. The van der Waals surface area contributed by atoms with Crippen molar-refractivity contribution >= 4 is 27.5 Å². The van der Waals surface area contributed by atoms with E-state index < -0.39 is 0 Å². The molecule has 2 rings (SSSR count). The summed E-state index contributed by atoms with van der Waals surface area (Å²) in [5.41, 5.74) is 0.739. The number of benzene rings is 1. The highest BCUT2D eigenvalue weighted by molar-refractivity contribution is 9.10. The van der Waals surface area contributed by atoms with Crippen molar-refractivity contribution in [2.75, 3.05) is 18.5 Å². The Bertz CT molecular complexity index is 439. The molecule has 0 aromatic heterocycles. The molecule has 1 aliphatic heterocycles. The van der Waals surface area contributed by atoms with E-state index in [1.807, 2.05) is 0 Å². The zero-order chi connectivity index (χ0) is 12.4. The summed E-state index contributed by atoms with van der Waals surface area (Å²) in [5.74, 6) is -0.263. The second-order valence-electron chi connectivity index (χ2n) is 4.07. The number of anilines is 1. The minimum atomic E-state index is -0.316. The first-order chi connectivity index (χ1) is 8.13. The van der Waals surface area contributed by atoms with Crippen molar-refractivity contribution in [2.45, 2.75) is 18.9 Å². The molecule has 92 valence electrons. The number of hydrogen-bond donors (Lipinski definition) is 1. The molecular formula is C12H14BrFN2O. The SMILES string of the molecule is CNC1CCCN(c2ccc(F)c(Br)c2)C1=O. The molecule has 1 aliphatic rings. The molecule has 1 aromatic carbocycles. The predicted octanol–water partition coefficient (Wildman–Crippen LogP) is 2.30. The first-order valence-electron chi connectivity index (χ1n) is 5.57. The molecule has 1 saturated heterocycles. The quantitative estimate of drug-likeness (QED) is 0.909. The van der Waals surface area contributed by atoms with Gasteiger partial charge in [0, 0.05) is 12.2 Å². The number of carbonyl (C=O) groups is 1. The predicted molar refractivity (Wildman–Crippen MR) is 68.5 cm³/mol. The molecule has 1 amide bonds. The molecule has 1 fully saturated rings. The van der Waals surface area contributed by atoms with Crippen LogP contribution in [0.25, 0.3) is 0 Å². The summed E-state index contributed by atoms with van der Waals surface area (Å²) in [6, 6.07) is 4.52. The van der Waals surface area contributed by atoms with E-state index in [2.05, 4.69) is 21.2 Å². The van der Waals surface area contributed by atoms with Crippen LogP contribution in [0.1, 0.15) is 12.8 Å². The number of rotatable bonds is 2. The summed E-state index contributed by atoms with van der Waals surface area (Å²) in [6.07, 6.45) is 1.81. The van der Waals surface area contributed by atoms with Crippen LogP contribution >= 0.6 is 15.9 Å².